The molecule has 46 heavy (non-hydrogen) atoms. The van der Waals surface area contributed by atoms with E-state index in [1.165, 1.54) is 12.1 Å². The van der Waals surface area contributed by atoms with Gasteiger partial charge in [0.05, 0.1) is 11.4 Å². The van der Waals surface area contributed by atoms with Gasteiger partial charge in [0.2, 0.25) is 0 Å². The summed E-state index contributed by atoms with van der Waals surface area (Å²) in [4.78, 5) is 30.3. The smallest absolute Gasteiger partial charge is 0.321 e. The van der Waals surface area contributed by atoms with Gasteiger partial charge in [0.1, 0.15) is 23.3 Å². The maximum absolute atomic E-state index is 14.3. The molecule has 0 unspecified atom stereocenters. The Morgan fingerprint density at radius 2 is 1.00 bits per heavy atom. The maximum Gasteiger partial charge on any atom is 0.322 e. The van der Waals surface area contributed by atoms with Crippen molar-refractivity contribution in [3.05, 3.63) is 95.1 Å². The molecule has 3 aromatic rings. The molecule has 4 amide bonds. The highest BCUT2D eigenvalue weighted by Gasteiger charge is 2.27. The topological polar surface area (TPSA) is 64.7 Å². The van der Waals surface area contributed by atoms with Crippen molar-refractivity contribution in [3.63, 3.8) is 0 Å². The molecule has 10 heteroatoms. The zero-order chi connectivity index (χ0) is 32.5. The molecule has 0 atom stereocenters. The fraction of sp³-hybridized carbons (Fsp3) is 0.444. The summed E-state index contributed by atoms with van der Waals surface area (Å²) in [5, 5.41) is 5.28. The number of amides is 4. The number of carbonyl (C=O) groups excluding carboxylic acids is 2. The van der Waals surface area contributed by atoms with Crippen LogP contribution in [0, 0.1) is 23.3 Å². The van der Waals surface area contributed by atoms with Crippen LogP contribution in [0.5, 0.6) is 0 Å². The van der Waals surface area contributed by atoms with Gasteiger partial charge < -0.3 is 20.4 Å². The summed E-state index contributed by atoms with van der Waals surface area (Å²) in [6.45, 7) is 0.866. The van der Waals surface area contributed by atoms with Crippen LogP contribution in [-0.2, 0) is 12.8 Å². The zero-order valence-corrected chi connectivity index (χ0v) is 26.1. The lowest BCUT2D eigenvalue weighted by Crippen LogP contribution is -2.45. The summed E-state index contributed by atoms with van der Waals surface area (Å²) in [5.74, 6) is -3.04. The van der Waals surface area contributed by atoms with Crippen molar-refractivity contribution in [3.8, 4) is 0 Å². The largest absolute Gasteiger partial charge is 0.322 e. The first-order chi connectivity index (χ1) is 22.3. The molecule has 0 radical (unpaired) electrons. The van der Waals surface area contributed by atoms with Crippen LogP contribution in [0.2, 0.25) is 0 Å². The fourth-order valence-corrected chi connectivity index (χ4v) is 6.68. The molecule has 3 aromatic carbocycles. The number of hydrogen-bond donors (Lipinski definition) is 2. The predicted octanol–water partition coefficient (Wildman–Crippen LogP) is 9.06. The maximum atomic E-state index is 14.3. The number of anilines is 2. The summed E-state index contributed by atoms with van der Waals surface area (Å²) in [6.07, 6.45) is 11.0. The van der Waals surface area contributed by atoms with E-state index in [4.69, 9.17) is 0 Å². The van der Waals surface area contributed by atoms with Crippen LogP contribution in [-0.4, -0.2) is 47.0 Å². The molecule has 6 nitrogen and oxygen atoms in total. The minimum Gasteiger partial charge on any atom is -0.321 e. The molecule has 0 spiro atoms. The van der Waals surface area contributed by atoms with Crippen LogP contribution < -0.4 is 10.6 Å². The fourth-order valence-electron chi connectivity index (χ4n) is 6.68. The van der Waals surface area contributed by atoms with E-state index in [9.17, 15) is 27.2 Å². The van der Waals surface area contributed by atoms with Crippen molar-refractivity contribution in [2.75, 3.05) is 23.7 Å². The van der Waals surface area contributed by atoms with Gasteiger partial charge in [-0.15, -0.1) is 0 Å². The Morgan fingerprint density at radius 3 is 1.39 bits per heavy atom. The lowest BCUT2D eigenvalue weighted by molar-refractivity contribution is 0.168. The van der Waals surface area contributed by atoms with E-state index >= 15 is 0 Å². The summed E-state index contributed by atoms with van der Waals surface area (Å²) >= 11 is 0. The molecule has 0 aliphatic heterocycles. The molecule has 2 aliphatic rings. The minimum atomic E-state index is -0.816. The van der Waals surface area contributed by atoms with Gasteiger partial charge in [-0.25, -0.2) is 27.2 Å². The summed E-state index contributed by atoms with van der Waals surface area (Å²) in [5.41, 5.74) is 1.95. The first kappa shape index (κ1) is 33.3. The van der Waals surface area contributed by atoms with Crippen molar-refractivity contribution in [1.29, 1.82) is 0 Å². The quantitative estimate of drug-likeness (QED) is 0.218. The Labute approximate surface area is 268 Å². The molecule has 2 aliphatic carbocycles. The first-order valence-corrected chi connectivity index (χ1v) is 16.4. The number of carbonyl (C=O) groups is 2. The van der Waals surface area contributed by atoms with Gasteiger partial charge in [-0.2, -0.15) is 0 Å². The molecule has 2 fully saturated rings. The normalized spacial score (nSPS) is 15.7. The van der Waals surface area contributed by atoms with Crippen LogP contribution >= 0.6 is 0 Å². The van der Waals surface area contributed by atoms with Gasteiger partial charge in [-0.1, -0.05) is 62.8 Å². The third kappa shape index (κ3) is 9.01. The highest BCUT2D eigenvalue weighted by atomic mass is 19.1. The second kappa shape index (κ2) is 16.0. The van der Waals surface area contributed by atoms with Crippen molar-refractivity contribution in [2.45, 2.75) is 89.1 Å². The van der Waals surface area contributed by atoms with Gasteiger partial charge in [0, 0.05) is 37.3 Å². The third-order valence-electron chi connectivity index (χ3n) is 9.17. The first-order valence-electron chi connectivity index (χ1n) is 16.4. The van der Waals surface area contributed by atoms with E-state index in [1.54, 1.807) is 9.80 Å². The number of urea groups is 2. The van der Waals surface area contributed by atoms with Crippen molar-refractivity contribution in [1.82, 2.24) is 9.80 Å². The van der Waals surface area contributed by atoms with Gasteiger partial charge in [-0.05, 0) is 73.9 Å². The number of hydrogen-bond acceptors (Lipinski definition) is 2. The molecule has 5 rings (SSSR count). The van der Waals surface area contributed by atoms with Crippen LogP contribution in [0.1, 0.15) is 75.3 Å². The van der Waals surface area contributed by atoms with E-state index < -0.39 is 35.3 Å². The highest BCUT2D eigenvalue weighted by Crippen LogP contribution is 2.26. The number of nitrogens with zero attached hydrogens (tertiary/aromatic N) is 2. The van der Waals surface area contributed by atoms with Gasteiger partial charge >= 0.3 is 12.1 Å². The Kier molecular flexibility index (Phi) is 11.5. The molecule has 0 bridgehead atoms. The molecule has 0 heterocycles. The van der Waals surface area contributed by atoms with Crippen LogP contribution in [0.15, 0.2) is 60.7 Å². The van der Waals surface area contributed by atoms with Gasteiger partial charge in [0.15, 0.2) is 0 Å². The number of nitrogens with one attached hydrogen (secondary N) is 2. The lowest BCUT2D eigenvalue weighted by atomic mass is 9.93. The number of rotatable bonds is 10. The Morgan fingerprint density at radius 1 is 0.587 bits per heavy atom. The zero-order valence-electron chi connectivity index (χ0n) is 26.1. The van der Waals surface area contributed by atoms with Crippen LogP contribution in [0.25, 0.3) is 0 Å². The molecule has 2 saturated carbocycles. The average Bonchev–Trinajstić information content (AvgIpc) is 3.05. The molecule has 0 saturated heterocycles. The van der Waals surface area contributed by atoms with Crippen molar-refractivity contribution >= 4 is 23.4 Å². The SMILES string of the molecule is O=C(Nc1ccc(F)cc1F)N(CCc1cccc(CCN(C(=O)Nc2ccc(F)cc2F)C2CCCCC2)c1)C1CCCCC1. The molecular weight excluding hydrogens is 596 g/mol. The molecular formula is C36H42F4N4O2. The van der Waals surface area contributed by atoms with E-state index in [1.807, 2.05) is 18.2 Å². The summed E-state index contributed by atoms with van der Waals surface area (Å²) < 4.78 is 55.5. The monoisotopic (exact) mass is 638 g/mol. The van der Waals surface area contributed by atoms with Crippen LogP contribution in [0.4, 0.5) is 38.5 Å². The van der Waals surface area contributed by atoms with Gasteiger partial charge in [-0.3, -0.25) is 0 Å². The highest BCUT2D eigenvalue weighted by molar-refractivity contribution is 5.90. The van der Waals surface area contributed by atoms with Gasteiger partial charge in [0.25, 0.3) is 0 Å². The molecule has 2 N–H and O–H groups in total. The third-order valence-corrected chi connectivity index (χ3v) is 9.17. The lowest BCUT2D eigenvalue weighted by Gasteiger charge is -2.35. The standard InChI is InChI=1S/C36H42F4N4O2/c37-27-14-16-33(31(39)23-27)41-35(45)43(29-10-3-1-4-11-29)20-18-25-8-7-9-26(22-25)19-21-44(30-12-5-2-6-13-30)36(46)42-34-17-15-28(38)24-32(34)40/h7-9,14-17,22-24,29-30H,1-6,10-13,18-21H2,(H,41,45)(H,42,46). The van der Waals surface area contributed by atoms with Crippen molar-refractivity contribution in [2.24, 2.45) is 0 Å². The minimum absolute atomic E-state index is 0.0361. The average molecular weight is 639 g/mol. The summed E-state index contributed by atoms with van der Waals surface area (Å²) in [6, 6.07) is 13.5. The second-order valence-electron chi connectivity index (χ2n) is 12.4. The Hall–Kier alpha value is -4.08. The van der Waals surface area contributed by atoms with E-state index in [0.717, 1.165) is 99.6 Å². The predicted molar refractivity (Wildman–Crippen MR) is 172 cm³/mol. The summed E-state index contributed by atoms with van der Waals surface area (Å²) in [7, 11) is 0. The van der Waals surface area contributed by atoms with Crippen LogP contribution in [0.3, 0.4) is 0 Å². The van der Waals surface area contributed by atoms with Crippen molar-refractivity contribution < 1.29 is 27.2 Å². The van der Waals surface area contributed by atoms with E-state index in [0.29, 0.717) is 25.9 Å². The number of halogens is 4. The molecule has 246 valence electrons. The Balaban J connectivity index is 1.24. The van der Waals surface area contributed by atoms with E-state index in [-0.39, 0.29) is 23.5 Å². The molecule has 0 aromatic heterocycles. The number of benzene rings is 3. The second-order valence-corrected chi connectivity index (χ2v) is 12.4. The van der Waals surface area contributed by atoms with E-state index in [2.05, 4.69) is 16.7 Å². The Bertz CT molecular complexity index is 1380.